The van der Waals surface area contributed by atoms with Crippen molar-refractivity contribution < 1.29 is 4.79 Å². The fraction of sp³-hybridized carbons (Fsp3) is 0.333. The summed E-state index contributed by atoms with van der Waals surface area (Å²) in [5.41, 5.74) is 3.55. The molecule has 2 N–H and O–H groups in total. The topological polar surface area (TPSA) is 88.5 Å². The van der Waals surface area contributed by atoms with Crippen molar-refractivity contribution in [1.82, 2.24) is 25.0 Å². The summed E-state index contributed by atoms with van der Waals surface area (Å²) in [6.07, 6.45) is 9.01. The standard InChI is InChI=1S/C18H20N6O/c1-12-4-2-3-5-14-10-13(6-8-19-14)17-15(22-18(12)25)11-21-24(17)16-7-9-20-23-16/h6-12H,2-5H2,1H3,(H,20,23)(H,22,25). The molecule has 2 bridgehead atoms. The number of rotatable bonds is 1. The van der Waals surface area contributed by atoms with Crippen molar-refractivity contribution in [2.24, 2.45) is 5.92 Å². The maximum absolute atomic E-state index is 12.5. The molecular weight excluding hydrogens is 316 g/mol. The number of hydrogen-bond acceptors (Lipinski definition) is 4. The molecule has 1 amide bonds. The van der Waals surface area contributed by atoms with Crippen molar-refractivity contribution in [3.05, 3.63) is 42.5 Å². The summed E-state index contributed by atoms with van der Waals surface area (Å²) in [5, 5.41) is 14.4. The number of H-pyrrole nitrogens is 1. The Hall–Kier alpha value is -2.96. The molecule has 0 aromatic carbocycles. The van der Waals surface area contributed by atoms with E-state index < -0.39 is 0 Å². The third kappa shape index (κ3) is 3.05. The van der Waals surface area contributed by atoms with Crippen LogP contribution in [0.1, 0.15) is 31.9 Å². The van der Waals surface area contributed by atoms with Crippen molar-refractivity contribution in [3.8, 4) is 17.1 Å². The molecule has 25 heavy (non-hydrogen) atoms. The van der Waals surface area contributed by atoms with Crippen LogP contribution in [-0.4, -0.2) is 30.9 Å². The fourth-order valence-electron chi connectivity index (χ4n) is 3.17. The second-order valence-corrected chi connectivity index (χ2v) is 6.43. The van der Waals surface area contributed by atoms with Gasteiger partial charge in [0.05, 0.1) is 23.8 Å². The largest absolute Gasteiger partial charge is 0.323 e. The molecule has 4 rings (SSSR count). The van der Waals surface area contributed by atoms with Crippen molar-refractivity contribution in [2.75, 3.05) is 5.32 Å². The fourth-order valence-corrected chi connectivity index (χ4v) is 3.17. The van der Waals surface area contributed by atoms with Crippen LogP contribution >= 0.6 is 0 Å². The van der Waals surface area contributed by atoms with Crippen LogP contribution in [0.2, 0.25) is 0 Å². The maximum Gasteiger partial charge on any atom is 0.227 e. The van der Waals surface area contributed by atoms with E-state index in [1.807, 2.05) is 25.3 Å². The number of carbonyl (C=O) groups excluding carboxylic acids is 1. The van der Waals surface area contributed by atoms with Crippen molar-refractivity contribution in [3.63, 3.8) is 0 Å². The number of carbonyl (C=O) groups is 1. The molecule has 1 aliphatic heterocycles. The normalized spacial score (nSPS) is 18.0. The number of aryl methyl sites for hydroxylation is 1. The summed E-state index contributed by atoms with van der Waals surface area (Å²) in [6.45, 7) is 1.97. The lowest BCUT2D eigenvalue weighted by atomic mass is 10.00. The molecule has 1 unspecified atom stereocenters. The summed E-state index contributed by atoms with van der Waals surface area (Å²) in [6, 6.07) is 5.86. The predicted molar refractivity (Wildman–Crippen MR) is 94.3 cm³/mol. The Morgan fingerprint density at radius 2 is 2.16 bits per heavy atom. The van der Waals surface area contributed by atoms with Gasteiger partial charge in [0.1, 0.15) is 5.82 Å². The number of aromatic amines is 1. The van der Waals surface area contributed by atoms with Crippen LogP contribution in [0.5, 0.6) is 0 Å². The Labute approximate surface area is 145 Å². The molecule has 1 atom stereocenters. The highest BCUT2D eigenvalue weighted by Crippen LogP contribution is 2.31. The van der Waals surface area contributed by atoms with Crippen LogP contribution in [-0.2, 0) is 11.2 Å². The van der Waals surface area contributed by atoms with E-state index in [0.717, 1.165) is 48.5 Å². The average molecular weight is 336 g/mol. The molecule has 3 aromatic heterocycles. The molecule has 1 aliphatic rings. The molecule has 0 aliphatic carbocycles. The number of amides is 1. The van der Waals surface area contributed by atoms with E-state index in [9.17, 15) is 4.79 Å². The SMILES string of the molecule is CC1CCCCc2cc(ccn2)-c2c(cnn2-c2ccn[nH]2)NC1=O. The van der Waals surface area contributed by atoms with Crippen molar-refractivity contribution in [1.29, 1.82) is 0 Å². The van der Waals surface area contributed by atoms with E-state index in [2.05, 4.69) is 31.7 Å². The van der Waals surface area contributed by atoms with Gasteiger partial charge < -0.3 is 5.32 Å². The second-order valence-electron chi connectivity index (χ2n) is 6.43. The van der Waals surface area contributed by atoms with E-state index in [1.54, 1.807) is 17.1 Å². The lowest BCUT2D eigenvalue weighted by molar-refractivity contribution is -0.119. The molecular formula is C18H20N6O. The number of fused-ring (bicyclic) bond motifs is 4. The highest BCUT2D eigenvalue weighted by molar-refractivity contribution is 5.96. The van der Waals surface area contributed by atoms with Crippen LogP contribution in [0, 0.1) is 5.92 Å². The maximum atomic E-state index is 12.5. The van der Waals surface area contributed by atoms with E-state index in [-0.39, 0.29) is 11.8 Å². The summed E-state index contributed by atoms with van der Waals surface area (Å²) >= 11 is 0. The van der Waals surface area contributed by atoms with Gasteiger partial charge in [-0.3, -0.25) is 14.9 Å². The molecule has 0 spiro atoms. The molecule has 7 nitrogen and oxygen atoms in total. The monoisotopic (exact) mass is 336 g/mol. The Morgan fingerprint density at radius 3 is 3.00 bits per heavy atom. The summed E-state index contributed by atoms with van der Waals surface area (Å²) in [7, 11) is 0. The van der Waals surface area contributed by atoms with Gasteiger partial charge in [-0.1, -0.05) is 13.3 Å². The molecule has 0 saturated heterocycles. The number of hydrogen-bond donors (Lipinski definition) is 2. The summed E-state index contributed by atoms with van der Waals surface area (Å²) in [4.78, 5) is 17.0. The first-order chi connectivity index (χ1) is 12.2. The van der Waals surface area contributed by atoms with Gasteiger partial charge in [-0.15, -0.1) is 0 Å². The first-order valence-electron chi connectivity index (χ1n) is 8.56. The third-order valence-electron chi connectivity index (χ3n) is 4.60. The zero-order valence-corrected chi connectivity index (χ0v) is 14.1. The van der Waals surface area contributed by atoms with Crippen molar-refractivity contribution in [2.45, 2.75) is 32.6 Å². The number of anilines is 1. The Kier molecular flexibility index (Phi) is 4.05. The number of pyridine rings is 1. The van der Waals surface area contributed by atoms with Gasteiger partial charge in [-0.25, -0.2) is 4.68 Å². The van der Waals surface area contributed by atoms with Gasteiger partial charge in [0.25, 0.3) is 0 Å². The van der Waals surface area contributed by atoms with Crippen LogP contribution in [0.4, 0.5) is 5.69 Å². The molecule has 128 valence electrons. The van der Waals surface area contributed by atoms with E-state index >= 15 is 0 Å². The van der Waals surface area contributed by atoms with Crippen LogP contribution in [0.3, 0.4) is 0 Å². The molecule has 0 saturated carbocycles. The lowest BCUT2D eigenvalue weighted by Gasteiger charge is -2.15. The third-order valence-corrected chi connectivity index (χ3v) is 4.60. The van der Waals surface area contributed by atoms with E-state index in [0.29, 0.717) is 5.69 Å². The molecule has 7 heteroatoms. The van der Waals surface area contributed by atoms with Gasteiger partial charge >= 0.3 is 0 Å². The highest BCUT2D eigenvalue weighted by atomic mass is 16.1. The molecule has 0 fully saturated rings. The van der Waals surface area contributed by atoms with Crippen LogP contribution < -0.4 is 5.32 Å². The number of nitrogens with zero attached hydrogens (tertiary/aromatic N) is 4. The quantitative estimate of drug-likeness (QED) is 0.715. The van der Waals surface area contributed by atoms with E-state index in [4.69, 9.17) is 0 Å². The second kappa shape index (κ2) is 6.51. The predicted octanol–water partition coefficient (Wildman–Crippen LogP) is 2.96. The minimum absolute atomic E-state index is 0.0280. The minimum Gasteiger partial charge on any atom is -0.323 e. The zero-order chi connectivity index (χ0) is 17.2. The van der Waals surface area contributed by atoms with Crippen LogP contribution in [0.25, 0.3) is 17.1 Å². The van der Waals surface area contributed by atoms with Gasteiger partial charge in [-0.05, 0) is 31.4 Å². The lowest BCUT2D eigenvalue weighted by Crippen LogP contribution is -2.21. The molecule has 4 heterocycles. The Bertz CT molecular complexity index is 883. The zero-order valence-electron chi connectivity index (χ0n) is 14.1. The Balaban J connectivity index is 1.87. The highest BCUT2D eigenvalue weighted by Gasteiger charge is 2.21. The van der Waals surface area contributed by atoms with Gasteiger partial charge in [0.15, 0.2) is 0 Å². The average Bonchev–Trinajstić information content (AvgIpc) is 3.27. The Morgan fingerprint density at radius 1 is 1.24 bits per heavy atom. The first-order valence-corrected chi connectivity index (χ1v) is 8.56. The van der Waals surface area contributed by atoms with Gasteiger partial charge in [0.2, 0.25) is 5.91 Å². The van der Waals surface area contributed by atoms with Gasteiger partial charge in [-0.2, -0.15) is 10.2 Å². The van der Waals surface area contributed by atoms with Gasteiger partial charge in [0, 0.05) is 29.4 Å². The molecule has 3 aromatic rings. The first kappa shape index (κ1) is 15.6. The minimum atomic E-state index is -0.0333. The number of aromatic nitrogens is 5. The smallest absolute Gasteiger partial charge is 0.227 e. The van der Waals surface area contributed by atoms with Crippen molar-refractivity contribution >= 4 is 11.6 Å². The van der Waals surface area contributed by atoms with Crippen LogP contribution in [0.15, 0.2) is 36.8 Å². The summed E-state index contributed by atoms with van der Waals surface area (Å²) in [5.74, 6) is 0.739. The van der Waals surface area contributed by atoms with E-state index in [1.165, 1.54) is 0 Å². The number of nitrogens with one attached hydrogen (secondary N) is 2. The molecule has 0 radical (unpaired) electrons. The summed E-state index contributed by atoms with van der Waals surface area (Å²) < 4.78 is 1.76.